The molecular formula is C18H16Cl2F3NO4. The molecule has 0 bridgehead atoms. The first-order chi connectivity index (χ1) is 13.1. The summed E-state index contributed by atoms with van der Waals surface area (Å²) in [6, 6.07) is 7.40. The van der Waals surface area contributed by atoms with Crippen molar-refractivity contribution in [2.24, 2.45) is 0 Å². The average Bonchev–Trinajstić information content (AvgIpc) is 2.61. The van der Waals surface area contributed by atoms with E-state index in [-0.39, 0.29) is 23.9 Å². The summed E-state index contributed by atoms with van der Waals surface area (Å²) in [5.74, 6) is -0.711. The number of halogens is 5. The largest absolute Gasteiger partial charge is 0.479 e. The molecule has 0 heterocycles. The van der Waals surface area contributed by atoms with Crippen molar-refractivity contribution in [3.05, 3.63) is 52.0 Å². The Morgan fingerprint density at radius 1 is 1.18 bits per heavy atom. The number of carboxylic acid groups (broad SMARTS) is 1. The van der Waals surface area contributed by atoms with Crippen LogP contribution in [-0.2, 0) is 15.7 Å². The Balaban J connectivity index is 2.04. The molecule has 0 aliphatic carbocycles. The standard InChI is InChI=1S/C18H16Cl2F3NO4/c1-10(17(25)26)27-7-6-24-15-9-12(3-4-13(15)19)28-16-5-2-11(8-14(16)20)18(21,22)23/h2-5,8-10,24H,6-7H2,1H3,(H,25,26). The van der Waals surface area contributed by atoms with E-state index in [0.29, 0.717) is 16.5 Å². The lowest BCUT2D eigenvalue weighted by Crippen LogP contribution is -2.23. The highest BCUT2D eigenvalue weighted by atomic mass is 35.5. The first-order valence-electron chi connectivity index (χ1n) is 8.00. The molecule has 0 amide bonds. The first-order valence-corrected chi connectivity index (χ1v) is 8.76. The molecule has 28 heavy (non-hydrogen) atoms. The highest BCUT2D eigenvalue weighted by molar-refractivity contribution is 6.33. The van der Waals surface area contributed by atoms with Crippen molar-refractivity contribution < 1.29 is 32.5 Å². The van der Waals surface area contributed by atoms with E-state index in [9.17, 15) is 18.0 Å². The zero-order valence-corrected chi connectivity index (χ0v) is 16.0. The molecule has 0 radical (unpaired) electrons. The minimum atomic E-state index is -4.50. The second-order valence-corrected chi connectivity index (χ2v) is 6.48. The summed E-state index contributed by atoms with van der Waals surface area (Å²) in [6.07, 6.45) is -5.44. The van der Waals surface area contributed by atoms with E-state index in [1.165, 1.54) is 25.1 Å². The van der Waals surface area contributed by atoms with Crippen LogP contribution >= 0.6 is 23.2 Å². The molecule has 0 fully saturated rings. The van der Waals surface area contributed by atoms with Crippen LogP contribution in [0.15, 0.2) is 36.4 Å². The average molecular weight is 438 g/mol. The monoisotopic (exact) mass is 437 g/mol. The quantitative estimate of drug-likeness (QED) is 0.517. The van der Waals surface area contributed by atoms with Crippen LogP contribution in [0.25, 0.3) is 0 Å². The van der Waals surface area contributed by atoms with Crippen LogP contribution in [0.5, 0.6) is 11.5 Å². The number of nitrogens with one attached hydrogen (secondary N) is 1. The van der Waals surface area contributed by atoms with Gasteiger partial charge in [0.25, 0.3) is 0 Å². The van der Waals surface area contributed by atoms with Crippen molar-refractivity contribution >= 4 is 34.9 Å². The fraction of sp³-hybridized carbons (Fsp3) is 0.278. The van der Waals surface area contributed by atoms with E-state index in [1.807, 2.05) is 0 Å². The first kappa shape index (κ1) is 22.1. The number of anilines is 1. The number of alkyl halides is 3. The summed E-state index contributed by atoms with van der Waals surface area (Å²) in [7, 11) is 0. The minimum absolute atomic E-state index is 0.0570. The van der Waals surface area contributed by atoms with Gasteiger partial charge in [-0.2, -0.15) is 13.2 Å². The topological polar surface area (TPSA) is 67.8 Å². The van der Waals surface area contributed by atoms with Crippen LogP contribution in [0.2, 0.25) is 10.0 Å². The van der Waals surface area contributed by atoms with Crippen LogP contribution in [0, 0.1) is 0 Å². The maximum atomic E-state index is 12.7. The fourth-order valence-electron chi connectivity index (χ4n) is 2.08. The predicted octanol–water partition coefficient (Wildman–Crippen LogP) is 5.71. The van der Waals surface area contributed by atoms with E-state index in [4.69, 9.17) is 37.8 Å². The van der Waals surface area contributed by atoms with Gasteiger partial charge in [0.05, 0.1) is 27.9 Å². The SMILES string of the molecule is CC(OCCNc1cc(Oc2ccc(C(F)(F)F)cc2Cl)ccc1Cl)C(=O)O. The number of rotatable bonds is 8. The summed E-state index contributed by atoms with van der Waals surface area (Å²) in [5, 5.41) is 11.9. The van der Waals surface area contributed by atoms with Crippen LogP contribution in [0.3, 0.4) is 0 Å². The van der Waals surface area contributed by atoms with Gasteiger partial charge in [-0.15, -0.1) is 0 Å². The third-order valence-corrected chi connectivity index (χ3v) is 4.18. The molecule has 0 aliphatic rings. The zero-order valence-electron chi connectivity index (χ0n) is 14.5. The molecule has 2 N–H and O–H groups in total. The minimum Gasteiger partial charge on any atom is -0.479 e. The molecule has 1 atom stereocenters. The van der Waals surface area contributed by atoms with Crippen molar-refractivity contribution in [2.75, 3.05) is 18.5 Å². The lowest BCUT2D eigenvalue weighted by atomic mass is 10.2. The second-order valence-electron chi connectivity index (χ2n) is 5.66. The van der Waals surface area contributed by atoms with Gasteiger partial charge in [-0.3, -0.25) is 0 Å². The number of carboxylic acids is 1. The summed E-state index contributed by atoms with van der Waals surface area (Å²) >= 11 is 12.0. The molecular weight excluding hydrogens is 422 g/mol. The molecule has 5 nitrogen and oxygen atoms in total. The Labute approximate surface area is 169 Å². The summed E-state index contributed by atoms with van der Waals surface area (Å²) in [4.78, 5) is 10.7. The number of carbonyl (C=O) groups is 1. The van der Waals surface area contributed by atoms with Crippen LogP contribution < -0.4 is 10.1 Å². The fourth-order valence-corrected chi connectivity index (χ4v) is 2.49. The zero-order chi connectivity index (χ0) is 20.9. The van der Waals surface area contributed by atoms with Gasteiger partial charge >= 0.3 is 12.1 Å². The van der Waals surface area contributed by atoms with Gasteiger partial charge in [-0.05, 0) is 37.3 Å². The molecule has 0 saturated carbocycles. The van der Waals surface area contributed by atoms with Crippen LogP contribution in [-0.4, -0.2) is 30.3 Å². The van der Waals surface area contributed by atoms with Gasteiger partial charge in [-0.25, -0.2) is 4.79 Å². The molecule has 10 heteroatoms. The molecule has 2 aromatic carbocycles. The molecule has 1 unspecified atom stereocenters. The lowest BCUT2D eigenvalue weighted by Gasteiger charge is -2.14. The number of ether oxygens (including phenoxy) is 2. The van der Waals surface area contributed by atoms with E-state index in [1.54, 1.807) is 0 Å². The Bertz CT molecular complexity index is 846. The molecule has 0 spiro atoms. The van der Waals surface area contributed by atoms with Gasteiger partial charge in [0.2, 0.25) is 0 Å². The molecule has 0 aromatic heterocycles. The molecule has 0 saturated heterocycles. The highest BCUT2D eigenvalue weighted by Crippen LogP contribution is 2.37. The van der Waals surface area contributed by atoms with E-state index in [0.717, 1.165) is 18.2 Å². The highest BCUT2D eigenvalue weighted by Gasteiger charge is 2.31. The van der Waals surface area contributed by atoms with Crippen molar-refractivity contribution in [1.82, 2.24) is 0 Å². The Morgan fingerprint density at radius 2 is 1.89 bits per heavy atom. The Hall–Kier alpha value is -2.16. The lowest BCUT2D eigenvalue weighted by molar-refractivity contribution is -0.148. The number of aliphatic carboxylic acids is 1. The third-order valence-electron chi connectivity index (χ3n) is 3.56. The summed E-state index contributed by atoms with van der Waals surface area (Å²) in [6.45, 7) is 1.82. The van der Waals surface area contributed by atoms with E-state index >= 15 is 0 Å². The maximum absolute atomic E-state index is 12.7. The molecule has 2 rings (SSSR count). The van der Waals surface area contributed by atoms with Gasteiger partial charge in [0.15, 0.2) is 6.10 Å². The third kappa shape index (κ3) is 6.19. The van der Waals surface area contributed by atoms with Crippen molar-refractivity contribution in [2.45, 2.75) is 19.2 Å². The molecule has 0 aliphatic heterocycles. The normalized spacial score (nSPS) is 12.5. The van der Waals surface area contributed by atoms with Crippen molar-refractivity contribution in [1.29, 1.82) is 0 Å². The van der Waals surface area contributed by atoms with Crippen LogP contribution in [0.4, 0.5) is 18.9 Å². The second kappa shape index (κ2) is 9.36. The molecule has 2 aromatic rings. The van der Waals surface area contributed by atoms with Gasteiger partial charge in [0.1, 0.15) is 11.5 Å². The number of hydrogen-bond donors (Lipinski definition) is 2. The number of benzene rings is 2. The van der Waals surface area contributed by atoms with Crippen molar-refractivity contribution in [3.63, 3.8) is 0 Å². The Morgan fingerprint density at radius 3 is 2.50 bits per heavy atom. The van der Waals surface area contributed by atoms with Crippen molar-refractivity contribution in [3.8, 4) is 11.5 Å². The maximum Gasteiger partial charge on any atom is 0.416 e. The summed E-state index contributed by atoms with van der Waals surface area (Å²) < 4.78 is 48.7. The predicted molar refractivity (Wildman–Crippen MR) is 99.5 cm³/mol. The van der Waals surface area contributed by atoms with Gasteiger partial charge in [0, 0.05) is 12.6 Å². The number of hydrogen-bond acceptors (Lipinski definition) is 4. The van der Waals surface area contributed by atoms with Gasteiger partial charge < -0.3 is 19.9 Å². The Kier molecular flexibility index (Phi) is 7.40. The smallest absolute Gasteiger partial charge is 0.416 e. The summed E-state index contributed by atoms with van der Waals surface area (Å²) in [5.41, 5.74) is -0.396. The van der Waals surface area contributed by atoms with Gasteiger partial charge in [-0.1, -0.05) is 23.2 Å². The van der Waals surface area contributed by atoms with E-state index in [2.05, 4.69) is 5.32 Å². The van der Waals surface area contributed by atoms with E-state index < -0.39 is 23.8 Å². The van der Waals surface area contributed by atoms with Crippen LogP contribution in [0.1, 0.15) is 12.5 Å². The molecule has 152 valence electrons.